The molecule has 2 aromatic rings. The van der Waals surface area contributed by atoms with Crippen LogP contribution in [0.3, 0.4) is 0 Å². The fraction of sp³-hybridized carbons (Fsp3) is 0.615. The molecule has 3 rings (SSSR count). The maximum Gasteiger partial charge on any atom is 0.416 e. The summed E-state index contributed by atoms with van der Waals surface area (Å²) >= 11 is 0. The molecule has 0 saturated carbocycles. The molecule has 0 amide bonds. The van der Waals surface area contributed by atoms with Crippen LogP contribution in [0.15, 0.2) is 12.4 Å². The van der Waals surface area contributed by atoms with E-state index in [1.165, 1.54) is 10.8 Å². The Morgan fingerprint density at radius 2 is 2.09 bits per heavy atom. The van der Waals surface area contributed by atoms with Crippen molar-refractivity contribution in [2.24, 2.45) is 0 Å². The lowest BCUT2D eigenvalue weighted by Crippen LogP contribution is -2.57. The van der Waals surface area contributed by atoms with Crippen molar-refractivity contribution >= 4 is 11.6 Å². The highest BCUT2D eigenvalue weighted by Crippen LogP contribution is 2.33. The predicted molar refractivity (Wildman–Crippen MR) is 72.7 cm³/mol. The van der Waals surface area contributed by atoms with E-state index in [-0.39, 0.29) is 6.54 Å². The first-order chi connectivity index (χ1) is 10.2. The number of ether oxygens (including phenoxy) is 1. The van der Waals surface area contributed by atoms with Crippen molar-refractivity contribution in [1.82, 2.24) is 19.6 Å². The van der Waals surface area contributed by atoms with Crippen LogP contribution in [0, 0.1) is 6.92 Å². The summed E-state index contributed by atoms with van der Waals surface area (Å²) in [6, 6.07) is 1.70. The Bertz CT molecular complexity index is 697. The molecule has 9 heteroatoms. The summed E-state index contributed by atoms with van der Waals surface area (Å²) < 4.78 is 46.0. The van der Waals surface area contributed by atoms with Gasteiger partial charge in [-0.05, 0) is 20.8 Å². The van der Waals surface area contributed by atoms with Gasteiger partial charge in [0.2, 0.25) is 0 Å². The van der Waals surface area contributed by atoms with Crippen molar-refractivity contribution in [1.29, 1.82) is 0 Å². The van der Waals surface area contributed by atoms with Gasteiger partial charge in [0, 0.05) is 18.3 Å². The van der Waals surface area contributed by atoms with Crippen molar-refractivity contribution in [2.75, 3.05) is 18.0 Å². The number of aryl methyl sites for hydroxylation is 1. The minimum atomic E-state index is -4.42. The number of nitrogens with zero attached hydrogens (tertiary/aromatic N) is 5. The summed E-state index contributed by atoms with van der Waals surface area (Å²) in [5.74, 6) is 0.897. The van der Waals surface area contributed by atoms with E-state index in [1.807, 2.05) is 0 Å². The Morgan fingerprint density at radius 1 is 1.36 bits per heavy atom. The average Bonchev–Trinajstić information content (AvgIpc) is 2.82. The number of aromatic nitrogens is 4. The zero-order chi connectivity index (χ0) is 16.1. The van der Waals surface area contributed by atoms with Gasteiger partial charge in [-0.2, -0.15) is 27.8 Å². The van der Waals surface area contributed by atoms with Gasteiger partial charge in [-0.25, -0.2) is 4.98 Å². The largest absolute Gasteiger partial charge is 0.416 e. The third-order valence-corrected chi connectivity index (χ3v) is 3.47. The second kappa shape index (κ2) is 4.80. The number of anilines is 1. The van der Waals surface area contributed by atoms with Gasteiger partial charge in [-0.1, -0.05) is 0 Å². The zero-order valence-corrected chi connectivity index (χ0v) is 12.4. The fourth-order valence-electron chi connectivity index (χ4n) is 2.67. The molecule has 22 heavy (non-hydrogen) atoms. The Hall–Kier alpha value is -1.90. The number of fused-ring (bicyclic) bond motifs is 1. The molecule has 0 spiro atoms. The molecule has 0 radical (unpaired) electrons. The van der Waals surface area contributed by atoms with E-state index in [0.29, 0.717) is 23.8 Å². The summed E-state index contributed by atoms with van der Waals surface area (Å²) in [6.45, 7) is 5.09. The van der Waals surface area contributed by atoms with Gasteiger partial charge in [-0.15, -0.1) is 0 Å². The van der Waals surface area contributed by atoms with E-state index in [0.717, 1.165) is 0 Å². The van der Waals surface area contributed by atoms with Crippen molar-refractivity contribution in [3.63, 3.8) is 0 Å². The minimum Gasteiger partial charge on any atom is -0.359 e. The Kier molecular flexibility index (Phi) is 3.28. The van der Waals surface area contributed by atoms with Gasteiger partial charge < -0.3 is 9.64 Å². The standard InChI is InChI=1S/C13H16F3N5O/c1-8-4-10(21-11(19-8)17-7-18-21)20-5-9(13(14,15)16)22-12(2,3)6-20/h4,7,9H,5-6H2,1-3H3. The molecule has 3 heterocycles. The second-order valence-electron chi connectivity index (χ2n) is 6.02. The third-order valence-electron chi connectivity index (χ3n) is 3.47. The zero-order valence-electron chi connectivity index (χ0n) is 12.4. The van der Waals surface area contributed by atoms with Crippen molar-refractivity contribution in [3.05, 3.63) is 18.1 Å². The van der Waals surface area contributed by atoms with E-state index in [9.17, 15) is 13.2 Å². The van der Waals surface area contributed by atoms with E-state index in [1.54, 1.807) is 31.7 Å². The molecule has 2 aromatic heterocycles. The molecule has 1 unspecified atom stereocenters. The number of hydrogen-bond donors (Lipinski definition) is 0. The van der Waals surface area contributed by atoms with E-state index < -0.39 is 17.9 Å². The molecule has 1 saturated heterocycles. The summed E-state index contributed by atoms with van der Waals surface area (Å²) in [6.07, 6.45) is -4.93. The molecule has 0 bridgehead atoms. The molecule has 0 N–H and O–H groups in total. The van der Waals surface area contributed by atoms with Crippen LogP contribution in [-0.4, -0.2) is 50.6 Å². The highest BCUT2D eigenvalue weighted by atomic mass is 19.4. The van der Waals surface area contributed by atoms with Gasteiger partial charge >= 0.3 is 6.18 Å². The lowest BCUT2D eigenvalue weighted by molar-refractivity contribution is -0.251. The van der Waals surface area contributed by atoms with Gasteiger partial charge in [-0.3, -0.25) is 0 Å². The number of rotatable bonds is 1. The number of morpholine rings is 1. The normalized spacial score (nSPS) is 22.3. The highest BCUT2D eigenvalue weighted by molar-refractivity contribution is 5.48. The Morgan fingerprint density at radius 3 is 2.77 bits per heavy atom. The lowest BCUT2D eigenvalue weighted by atomic mass is 10.0. The van der Waals surface area contributed by atoms with Crippen molar-refractivity contribution in [2.45, 2.75) is 38.7 Å². The second-order valence-corrected chi connectivity index (χ2v) is 6.02. The smallest absolute Gasteiger partial charge is 0.359 e. The van der Waals surface area contributed by atoms with Crippen LogP contribution in [0.2, 0.25) is 0 Å². The maximum absolute atomic E-state index is 13.1. The van der Waals surface area contributed by atoms with Gasteiger partial charge in [0.05, 0.1) is 12.1 Å². The van der Waals surface area contributed by atoms with Crippen LogP contribution < -0.4 is 4.90 Å². The molecule has 0 aromatic carbocycles. The molecule has 1 fully saturated rings. The number of hydrogen-bond acceptors (Lipinski definition) is 5. The highest BCUT2D eigenvalue weighted by Gasteiger charge is 2.48. The van der Waals surface area contributed by atoms with Crippen molar-refractivity contribution in [3.8, 4) is 0 Å². The first-order valence-electron chi connectivity index (χ1n) is 6.83. The predicted octanol–water partition coefficient (Wildman–Crippen LogP) is 1.98. The van der Waals surface area contributed by atoms with Gasteiger partial charge in [0.25, 0.3) is 5.78 Å². The molecule has 0 aliphatic carbocycles. The van der Waals surface area contributed by atoms with Crippen LogP contribution in [0.5, 0.6) is 0 Å². The molecular weight excluding hydrogens is 299 g/mol. The van der Waals surface area contributed by atoms with Crippen LogP contribution in [0.1, 0.15) is 19.5 Å². The lowest BCUT2D eigenvalue weighted by Gasteiger charge is -2.44. The average molecular weight is 315 g/mol. The maximum atomic E-state index is 13.1. The number of alkyl halides is 3. The monoisotopic (exact) mass is 315 g/mol. The summed E-state index contributed by atoms with van der Waals surface area (Å²) in [4.78, 5) is 9.83. The van der Waals surface area contributed by atoms with Gasteiger partial charge in [0.1, 0.15) is 12.1 Å². The summed E-state index contributed by atoms with van der Waals surface area (Å²) in [5, 5.41) is 4.05. The van der Waals surface area contributed by atoms with E-state index >= 15 is 0 Å². The topological polar surface area (TPSA) is 55.6 Å². The molecule has 1 aliphatic heterocycles. The molecule has 1 atom stereocenters. The SMILES string of the molecule is Cc1cc(N2CC(C(F)(F)F)OC(C)(C)C2)n2ncnc2n1. The minimum absolute atomic E-state index is 0.286. The first-order valence-corrected chi connectivity index (χ1v) is 6.83. The summed E-state index contributed by atoms with van der Waals surface area (Å²) in [5.41, 5.74) is -0.258. The summed E-state index contributed by atoms with van der Waals surface area (Å²) in [7, 11) is 0. The van der Waals surface area contributed by atoms with Crippen LogP contribution >= 0.6 is 0 Å². The quantitative estimate of drug-likeness (QED) is 0.805. The third kappa shape index (κ3) is 2.72. The fourth-order valence-corrected chi connectivity index (χ4v) is 2.67. The molecular formula is C13H16F3N5O. The van der Waals surface area contributed by atoms with Crippen LogP contribution in [0.4, 0.5) is 19.0 Å². The Balaban J connectivity index is 2.03. The number of halogens is 3. The van der Waals surface area contributed by atoms with Crippen LogP contribution in [0.25, 0.3) is 5.78 Å². The first kappa shape index (κ1) is 15.0. The molecule has 120 valence electrons. The van der Waals surface area contributed by atoms with E-state index in [4.69, 9.17) is 4.74 Å². The Labute approximate surface area is 124 Å². The molecule has 6 nitrogen and oxygen atoms in total. The van der Waals surface area contributed by atoms with E-state index in [2.05, 4.69) is 15.1 Å². The van der Waals surface area contributed by atoms with Crippen molar-refractivity contribution < 1.29 is 17.9 Å². The van der Waals surface area contributed by atoms with Gasteiger partial charge in [0.15, 0.2) is 6.10 Å². The van der Waals surface area contributed by atoms with Crippen LogP contribution in [-0.2, 0) is 4.74 Å². The molecule has 1 aliphatic rings.